The summed E-state index contributed by atoms with van der Waals surface area (Å²) in [5.74, 6) is -1.06. The van der Waals surface area contributed by atoms with Gasteiger partial charge >= 0.3 is 6.18 Å². The second-order valence-electron chi connectivity index (χ2n) is 7.11. The molecule has 4 rings (SSSR count). The van der Waals surface area contributed by atoms with Gasteiger partial charge in [0.05, 0.1) is 17.7 Å². The molecule has 31 heavy (non-hydrogen) atoms. The van der Waals surface area contributed by atoms with Crippen LogP contribution in [0.5, 0.6) is 0 Å². The maximum Gasteiger partial charge on any atom is 0.416 e. The average molecular weight is 442 g/mol. The van der Waals surface area contributed by atoms with E-state index in [0.717, 1.165) is 28.2 Å². The molecule has 1 aromatic heterocycles. The lowest BCUT2D eigenvalue weighted by Gasteiger charge is -2.16. The highest BCUT2D eigenvalue weighted by atomic mass is 32.1. The highest BCUT2D eigenvalue weighted by Crippen LogP contribution is 2.35. The second-order valence-corrected chi connectivity index (χ2v) is 8.06. The SMILES string of the molecule is Cc1ccc(CN2C(=O)C(Nc3cccc(C(F)(F)F)c3)=C(c3cccs3)C2=O)cc1. The molecule has 158 valence electrons. The molecule has 1 aliphatic heterocycles. The zero-order valence-electron chi connectivity index (χ0n) is 16.4. The molecule has 2 aromatic carbocycles. The molecule has 0 unspecified atom stereocenters. The molecular weight excluding hydrogens is 425 g/mol. The van der Waals surface area contributed by atoms with E-state index in [9.17, 15) is 22.8 Å². The zero-order valence-corrected chi connectivity index (χ0v) is 17.2. The number of carbonyl (C=O) groups is 2. The Morgan fingerprint density at radius 3 is 2.35 bits per heavy atom. The van der Waals surface area contributed by atoms with Crippen LogP contribution < -0.4 is 5.32 Å². The summed E-state index contributed by atoms with van der Waals surface area (Å²) in [5.41, 5.74) is 1.19. The largest absolute Gasteiger partial charge is 0.416 e. The smallest absolute Gasteiger partial charge is 0.350 e. The van der Waals surface area contributed by atoms with Crippen molar-refractivity contribution in [2.75, 3.05) is 5.32 Å². The standard InChI is InChI=1S/C23H17F3N2O2S/c1-14-7-9-15(10-8-14)13-28-21(29)19(18-6-3-11-31-18)20(22(28)30)27-17-5-2-4-16(12-17)23(24,25)26/h2-12,27H,13H2,1H3. The van der Waals surface area contributed by atoms with Gasteiger partial charge in [0.2, 0.25) is 0 Å². The molecular formula is C23H17F3N2O2S. The van der Waals surface area contributed by atoms with E-state index in [1.807, 2.05) is 31.2 Å². The number of benzene rings is 2. The van der Waals surface area contributed by atoms with Crippen LogP contribution in [-0.4, -0.2) is 16.7 Å². The van der Waals surface area contributed by atoms with E-state index in [-0.39, 0.29) is 23.5 Å². The molecule has 0 saturated carbocycles. The summed E-state index contributed by atoms with van der Waals surface area (Å²) in [4.78, 5) is 28.0. The predicted molar refractivity (Wildman–Crippen MR) is 113 cm³/mol. The number of imide groups is 1. The van der Waals surface area contributed by atoms with Gasteiger partial charge in [0.25, 0.3) is 11.8 Å². The molecule has 0 radical (unpaired) electrons. The number of hydrogen-bond donors (Lipinski definition) is 1. The fraction of sp³-hybridized carbons (Fsp3) is 0.130. The molecule has 2 heterocycles. The molecule has 0 saturated heterocycles. The maximum atomic E-state index is 13.1. The van der Waals surface area contributed by atoms with Crippen LogP contribution in [0.2, 0.25) is 0 Å². The van der Waals surface area contributed by atoms with Crippen LogP contribution in [0.25, 0.3) is 5.57 Å². The summed E-state index contributed by atoms with van der Waals surface area (Å²) >= 11 is 1.28. The van der Waals surface area contributed by atoms with Gasteiger partial charge in [-0.25, -0.2) is 0 Å². The predicted octanol–water partition coefficient (Wildman–Crippen LogP) is 5.47. The van der Waals surface area contributed by atoms with E-state index in [0.29, 0.717) is 4.88 Å². The fourth-order valence-electron chi connectivity index (χ4n) is 3.28. The Balaban J connectivity index is 1.70. The Bertz CT molecular complexity index is 1170. The summed E-state index contributed by atoms with van der Waals surface area (Å²) in [5, 5.41) is 4.54. The number of nitrogens with one attached hydrogen (secondary N) is 1. The number of halogens is 3. The van der Waals surface area contributed by atoms with E-state index >= 15 is 0 Å². The summed E-state index contributed by atoms with van der Waals surface area (Å²) in [6.07, 6.45) is -4.52. The highest BCUT2D eigenvalue weighted by molar-refractivity contribution is 7.11. The first-order valence-corrected chi connectivity index (χ1v) is 10.3. The van der Waals surface area contributed by atoms with Gasteiger partial charge in [0.15, 0.2) is 0 Å². The number of hydrogen-bond acceptors (Lipinski definition) is 4. The third kappa shape index (κ3) is 4.25. The van der Waals surface area contributed by atoms with E-state index in [1.165, 1.54) is 23.5 Å². The van der Waals surface area contributed by atoms with Crippen molar-refractivity contribution in [1.82, 2.24) is 4.90 Å². The number of thiophene rings is 1. The molecule has 0 atom stereocenters. The van der Waals surface area contributed by atoms with Gasteiger partial charge in [-0.2, -0.15) is 13.2 Å². The quantitative estimate of drug-likeness (QED) is 0.534. The third-order valence-electron chi connectivity index (χ3n) is 4.86. The van der Waals surface area contributed by atoms with Crippen molar-refractivity contribution in [2.45, 2.75) is 19.6 Å². The topological polar surface area (TPSA) is 49.4 Å². The minimum Gasteiger partial charge on any atom is -0.350 e. The lowest BCUT2D eigenvalue weighted by molar-refractivity contribution is -0.138. The Morgan fingerprint density at radius 1 is 0.968 bits per heavy atom. The zero-order chi connectivity index (χ0) is 22.2. The van der Waals surface area contributed by atoms with Crippen molar-refractivity contribution in [3.05, 3.63) is 93.3 Å². The molecule has 0 aliphatic carbocycles. The first kappa shape index (κ1) is 20.9. The maximum absolute atomic E-state index is 13.1. The van der Waals surface area contributed by atoms with Crippen molar-refractivity contribution in [3.8, 4) is 0 Å². The van der Waals surface area contributed by atoms with Crippen molar-refractivity contribution in [3.63, 3.8) is 0 Å². The van der Waals surface area contributed by atoms with E-state index in [2.05, 4.69) is 5.32 Å². The lowest BCUT2D eigenvalue weighted by Crippen LogP contribution is -2.31. The van der Waals surface area contributed by atoms with E-state index in [1.54, 1.807) is 17.5 Å². The molecule has 8 heteroatoms. The van der Waals surface area contributed by atoms with Crippen LogP contribution in [0.15, 0.2) is 71.7 Å². The summed E-state index contributed by atoms with van der Waals surface area (Å²) < 4.78 is 39.3. The number of rotatable bonds is 5. The van der Waals surface area contributed by atoms with Gasteiger partial charge in [0, 0.05) is 10.6 Å². The molecule has 2 amide bonds. The number of amides is 2. The Kier molecular flexibility index (Phi) is 5.41. The van der Waals surface area contributed by atoms with Gasteiger partial charge in [-0.1, -0.05) is 42.0 Å². The fourth-order valence-corrected chi connectivity index (χ4v) is 4.05. The molecule has 0 fully saturated rings. The van der Waals surface area contributed by atoms with E-state index in [4.69, 9.17) is 0 Å². The minimum atomic E-state index is -4.52. The molecule has 3 aromatic rings. The molecule has 4 nitrogen and oxygen atoms in total. The van der Waals surface area contributed by atoms with Crippen molar-refractivity contribution >= 4 is 34.4 Å². The molecule has 1 N–H and O–H groups in total. The summed E-state index contributed by atoms with van der Waals surface area (Å²) in [6.45, 7) is 2.00. The Hall–Kier alpha value is -3.39. The van der Waals surface area contributed by atoms with Gasteiger partial charge in [0.1, 0.15) is 5.70 Å². The van der Waals surface area contributed by atoms with Gasteiger partial charge in [-0.15, -0.1) is 11.3 Å². The monoisotopic (exact) mass is 442 g/mol. The second kappa shape index (κ2) is 8.03. The Labute approximate surface area is 180 Å². The molecule has 1 aliphatic rings. The first-order valence-electron chi connectivity index (χ1n) is 9.38. The number of nitrogens with zero attached hydrogens (tertiary/aromatic N) is 1. The first-order chi connectivity index (χ1) is 14.7. The van der Waals surface area contributed by atoms with Crippen LogP contribution in [0.1, 0.15) is 21.6 Å². The number of anilines is 1. The van der Waals surface area contributed by atoms with Gasteiger partial charge < -0.3 is 5.32 Å². The normalized spacial score (nSPS) is 14.5. The lowest BCUT2D eigenvalue weighted by atomic mass is 10.1. The van der Waals surface area contributed by atoms with Crippen LogP contribution in [0.4, 0.5) is 18.9 Å². The molecule has 0 spiro atoms. The summed E-state index contributed by atoms with van der Waals surface area (Å²) in [7, 11) is 0. The molecule has 0 bridgehead atoms. The van der Waals surface area contributed by atoms with Gasteiger partial charge in [-0.05, 0) is 42.1 Å². The van der Waals surface area contributed by atoms with E-state index < -0.39 is 23.6 Å². The van der Waals surface area contributed by atoms with Crippen LogP contribution in [0, 0.1) is 6.92 Å². The van der Waals surface area contributed by atoms with Gasteiger partial charge in [-0.3, -0.25) is 14.5 Å². The van der Waals surface area contributed by atoms with Crippen molar-refractivity contribution in [1.29, 1.82) is 0 Å². The van der Waals surface area contributed by atoms with Crippen molar-refractivity contribution in [2.24, 2.45) is 0 Å². The highest BCUT2D eigenvalue weighted by Gasteiger charge is 2.40. The summed E-state index contributed by atoms with van der Waals surface area (Å²) in [6, 6.07) is 15.4. The number of aryl methyl sites for hydroxylation is 1. The minimum absolute atomic E-state index is 0.0288. The number of carbonyl (C=O) groups excluding carboxylic acids is 2. The third-order valence-corrected chi connectivity index (χ3v) is 5.74. The van der Waals surface area contributed by atoms with Crippen LogP contribution in [-0.2, 0) is 22.3 Å². The number of alkyl halides is 3. The van der Waals surface area contributed by atoms with Crippen molar-refractivity contribution < 1.29 is 22.8 Å². The van der Waals surface area contributed by atoms with Crippen LogP contribution >= 0.6 is 11.3 Å². The van der Waals surface area contributed by atoms with Crippen LogP contribution in [0.3, 0.4) is 0 Å². The average Bonchev–Trinajstić information content (AvgIpc) is 3.32. The Morgan fingerprint density at radius 2 is 1.71 bits per heavy atom.